The van der Waals surface area contributed by atoms with Gasteiger partial charge in [-0.15, -0.1) is 0 Å². The van der Waals surface area contributed by atoms with E-state index in [2.05, 4.69) is 25.5 Å². The molecule has 1 amide bonds. The van der Waals surface area contributed by atoms with E-state index >= 15 is 0 Å². The number of carbonyl (C=O) groups excluding carboxylic acids is 1. The predicted octanol–water partition coefficient (Wildman–Crippen LogP) is 2.50. The number of aromatic nitrogens is 2. The van der Waals surface area contributed by atoms with Crippen LogP contribution in [0.3, 0.4) is 0 Å². The van der Waals surface area contributed by atoms with Gasteiger partial charge in [-0.3, -0.25) is 4.79 Å². The number of methoxy groups -OCH3 is 2. The maximum Gasteiger partial charge on any atom is 0.224 e. The Morgan fingerprint density at radius 2 is 1.93 bits per heavy atom. The number of benzene rings is 1. The topological polar surface area (TPSA) is 88.6 Å². The molecule has 1 aromatic carbocycles. The van der Waals surface area contributed by atoms with Gasteiger partial charge in [-0.05, 0) is 48.9 Å². The quantitative estimate of drug-likeness (QED) is 0.653. The molecule has 1 saturated heterocycles. The molecule has 0 saturated carbocycles. The summed E-state index contributed by atoms with van der Waals surface area (Å²) >= 11 is 0. The molecule has 1 aliphatic heterocycles. The SMILES string of the molecule is CNc1nccc(N2CCC(CC(=O)NCCc3ccc(OC)c(OC)c3)CC2)n1. The van der Waals surface area contributed by atoms with Gasteiger partial charge in [0.1, 0.15) is 5.82 Å². The molecule has 8 heteroatoms. The molecule has 0 atom stereocenters. The van der Waals surface area contributed by atoms with E-state index < -0.39 is 0 Å². The van der Waals surface area contributed by atoms with Crippen LogP contribution in [0.2, 0.25) is 0 Å². The fourth-order valence-electron chi connectivity index (χ4n) is 3.73. The summed E-state index contributed by atoms with van der Waals surface area (Å²) in [6, 6.07) is 7.77. The summed E-state index contributed by atoms with van der Waals surface area (Å²) in [4.78, 5) is 23.3. The molecule has 8 nitrogen and oxygen atoms in total. The molecular weight excluding hydrogens is 382 g/mol. The van der Waals surface area contributed by atoms with Gasteiger partial charge in [-0.2, -0.15) is 4.98 Å². The van der Waals surface area contributed by atoms with Crippen LogP contribution in [0, 0.1) is 5.92 Å². The average molecular weight is 414 g/mol. The Labute approximate surface area is 178 Å². The van der Waals surface area contributed by atoms with Gasteiger partial charge in [0, 0.05) is 39.3 Å². The van der Waals surface area contributed by atoms with Crippen molar-refractivity contribution in [3.8, 4) is 11.5 Å². The van der Waals surface area contributed by atoms with E-state index in [0.717, 1.165) is 43.7 Å². The van der Waals surface area contributed by atoms with Gasteiger partial charge in [-0.25, -0.2) is 4.98 Å². The third-order valence-corrected chi connectivity index (χ3v) is 5.46. The molecule has 2 aromatic rings. The Morgan fingerprint density at radius 3 is 2.63 bits per heavy atom. The molecule has 0 aliphatic carbocycles. The van der Waals surface area contributed by atoms with E-state index in [1.54, 1.807) is 20.4 Å². The smallest absolute Gasteiger partial charge is 0.224 e. The number of anilines is 2. The highest BCUT2D eigenvalue weighted by molar-refractivity contribution is 5.76. The van der Waals surface area contributed by atoms with Gasteiger partial charge >= 0.3 is 0 Å². The van der Waals surface area contributed by atoms with E-state index in [1.807, 2.05) is 31.3 Å². The number of hydrogen-bond donors (Lipinski definition) is 2. The molecule has 3 rings (SSSR count). The lowest BCUT2D eigenvalue weighted by Crippen LogP contribution is -2.36. The minimum atomic E-state index is 0.119. The van der Waals surface area contributed by atoms with Crippen molar-refractivity contribution in [1.29, 1.82) is 0 Å². The lowest BCUT2D eigenvalue weighted by Gasteiger charge is -2.32. The van der Waals surface area contributed by atoms with Crippen LogP contribution in [0.1, 0.15) is 24.8 Å². The van der Waals surface area contributed by atoms with E-state index in [0.29, 0.717) is 36.3 Å². The molecule has 1 fully saturated rings. The van der Waals surface area contributed by atoms with E-state index in [9.17, 15) is 4.79 Å². The predicted molar refractivity (Wildman–Crippen MR) is 117 cm³/mol. The van der Waals surface area contributed by atoms with Gasteiger partial charge < -0.3 is 25.0 Å². The highest BCUT2D eigenvalue weighted by Gasteiger charge is 2.22. The molecule has 2 N–H and O–H groups in total. The second-order valence-electron chi connectivity index (χ2n) is 7.41. The van der Waals surface area contributed by atoms with Crippen LogP contribution in [0.15, 0.2) is 30.5 Å². The third-order valence-electron chi connectivity index (χ3n) is 5.46. The van der Waals surface area contributed by atoms with E-state index in [4.69, 9.17) is 9.47 Å². The molecule has 0 bridgehead atoms. The zero-order valence-electron chi connectivity index (χ0n) is 18.0. The number of ether oxygens (including phenoxy) is 2. The number of hydrogen-bond acceptors (Lipinski definition) is 7. The Hall–Kier alpha value is -3.03. The number of amides is 1. The molecular formula is C22H31N5O3. The summed E-state index contributed by atoms with van der Waals surface area (Å²) in [7, 11) is 5.06. The van der Waals surface area contributed by atoms with Gasteiger partial charge in [0.25, 0.3) is 0 Å². The van der Waals surface area contributed by atoms with Gasteiger partial charge in [0.15, 0.2) is 11.5 Å². The van der Waals surface area contributed by atoms with Crippen molar-refractivity contribution in [3.05, 3.63) is 36.0 Å². The third kappa shape index (κ3) is 5.75. The number of carbonyl (C=O) groups is 1. The van der Waals surface area contributed by atoms with E-state index in [1.165, 1.54) is 0 Å². The van der Waals surface area contributed by atoms with Crippen LogP contribution >= 0.6 is 0 Å². The summed E-state index contributed by atoms with van der Waals surface area (Å²) in [5.41, 5.74) is 1.10. The molecule has 162 valence electrons. The standard InChI is InChI=1S/C22H31N5O3/c1-23-22-25-11-7-20(26-22)27-12-8-17(9-13-27)15-21(28)24-10-6-16-4-5-18(29-2)19(14-16)30-3/h4-5,7,11,14,17H,6,8-10,12-13,15H2,1-3H3,(H,24,28)(H,23,25,26). The van der Waals surface area contributed by atoms with Crippen LogP contribution in [-0.4, -0.2) is 56.8 Å². The molecule has 0 spiro atoms. The molecule has 0 radical (unpaired) electrons. The van der Waals surface area contributed by atoms with Crippen LogP contribution in [0.4, 0.5) is 11.8 Å². The minimum Gasteiger partial charge on any atom is -0.493 e. The summed E-state index contributed by atoms with van der Waals surface area (Å²) in [6.07, 6.45) is 5.08. The van der Waals surface area contributed by atoms with Crippen molar-refractivity contribution >= 4 is 17.7 Å². The Bertz CT molecular complexity index is 837. The summed E-state index contributed by atoms with van der Waals surface area (Å²) in [5.74, 6) is 3.51. The number of nitrogens with one attached hydrogen (secondary N) is 2. The molecule has 0 unspecified atom stereocenters. The Kier molecular flexibility index (Phi) is 7.70. The molecule has 1 aliphatic rings. The minimum absolute atomic E-state index is 0.119. The first-order valence-corrected chi connectivity index (χ1v) is 10.4. The Morgan fingerprint density at radius 1 is 1.17 bits per heavy atom. The summed E-state index contributed by atoms with van der Waals surface area (Å²) in [6.45, 7) is 2.43. The number of rotatable bonds is 9. The maximum atomic E-state index is 12.4. The summed E-state index contributed by atoms with van der Waals surface area (Å²) < 4.78 is 10.6. The van der Waals surface area contributed by atoms with Crippen molar-refractivity contribution in [2.45, 2.75) is 25.7 Å². The number of piperidine rings is 1. The zero-order valence-corrected chi connectivity index (χ0v) is 18.0. The fourth-order valence-corrected chi connectivity index (χ4v) is 3.73. The van der Waals surface area contributed by atoms with Crippen LogP contribution in [-0.2, 0) is 11.2 Å². The van der Waals surface area contributed by atoms with Crippen LogP contribution in [0.25, 0.3) is 0 Å². The molecule has 30 heavy (non-hydrogen) atoms. The zero-order chi connectivity index (χ0) is 21.3. The van der Waals surface area contributed by atoms with Crippen molar-refractivity contribution in [2.24, 2.45) is 5.92 Å². The van der Waals surface area contributed by atoms with E-state index in [-0.39, 0.29) is 5.91 Å². The first-order chi connectivity index (χ1) is 14.6. The fraction of sp³-hybridized carbons (Fsp3) is 0.500. The van der Waals surface area contributed by atoms with Crippen LogP contribution < -0.4 is 25.0 Å². The Balaban J connectivity index is 1.40. The van der Waals surface area contributed by atoms with Gasteiger partial charge in [-0.1, -0.05) is 6.07 Å². The second-order valence-corrected chi connectivity index (χ2v) is 7.41. The van der Waals surface area contributed by atoms with Gasteiger partial charge in [0.2, 0.25) is 11.9 Å². The second kappa shape index (κ2) is 10.7. The normalized spacial score (nSPS) is 14.3. The first kappa shape index (κ1) is 21.7. The lowest BCUT2D eigenvalue weighted by molar-refractivity contribution is -0.122. The maximum absolute atomic E-state index is 12.4. The first-order valence-electron chi connectivity index (χ1n) is 10.4. The highest BCUT2D eigenvalue weighted by Crippen LogP contribution is 2.28. The molecule has 1 aromatic heterocycles. The lowest BCUT2D eigenvalue weighted by atomic mass is 9.93. The summed E-state index contributed by atoms with van der Waals surface area (Å²) in [5, 5.41) is 6.02. The van der Waals surface area contributed by atoms with Crippen molar-refractivity contribution in [3.63, 3.8) is 0 Å². The number of nitrogens with zero attached hydrogens (tertiary/aromatic N) is 3. The largest absolute Gasteiger partial charge is 0.493 e. The van der Waals surface area contributed by atoms with Crippen molar-refractivity contribution < 1.29 is 14.3 Å². The monoisotopic (exact) mass is 413 g/mol. The van der Waals surface area contributed by atoms with Gasteiger partial charge in [0.05, 0.1) is 14.2 Å². The van der Waals surface area contributed by atoms with Crippen molar-refractivity contribution in [1.82, 2.24) is 15.3 Å². The van der Waals surface area contributed by atoms with Crippen molar-refractivity contribution in [2.75, 3.05) is 51.1 Å². The molecule has 2 heterocycles. The average Bonchev–Trinajstić information content (AvgIpc) is 2.79. The highest BCUT2D eigenvalue weighted by atomic mass is 16.5. The van der Waals surface area contributed by atoms with Crippen LogP contribution in [0.5, 0.6) is 11.5 Å².